The van der Waals surface area contributed by atoms with Crippen molar-refractivity contribution in [3.05, 3.63) is 29.8 Å². The molecule has 2 N–H and O–H groups in total. The van der Waals surface area contributed by atoms with Crippen LogP contribution in [0.15, 0.2) is 24.3 Å². The van der Waals surface area contributed by atoms with Crippen LogP contribution in [0.3, 0.4) is 0 Å². The van der Waals surface area contributed by atoms with Gasteiger partial charge >= 0.3 is 5.97 Å². The van der Waals surface area contributed by atoms with Crippen molar-refractivity contribution in [1.29, 1.82) is 0 Å². The fourth-order valence-electron chi connectivity index (χ4n) is 6.51. The molecule has 9 nitrogen and oxygen atoms in total. The molecule has 0 radical (unpaired) electrons. The van der Waals surface area contributed by atoms with Crippen molar-refractivity contribution in [3.8, 4) is 5.75 Å². The number of phenols is 1. The van der Waals surface area contributed by atoms with Crippen molar-refractivity contribution < 1.29 is 38.7 Å². The molecule has 4 heterocycles. The highest BCUT2D eigenvalue weighted by Crippen LogP contribution is 2.60. The molecule has 198 valence electrons. The molecule has 4 aliphatic heterocycles. The summed E-state index contributed by atoms with van der Waals surface area (Å²) in [6.45, 7) is 6.59. The molecule has 0 unspecified atom stereocenters. The van der Waals surface area contributed by atoms with Crippen molar-refractivity contribution in [2.45, 2.75) is 89.7 Å². The van der Waals surface area contributed by atoms with Gasteiger partial charge in [0.1, 0.15) is 5.75 Å². The average molecular weight is 504 g/mol. The molecule has 1 aromatic rings. The maximum atomic E-state index is 12.7. The maximum Gasteiger partial charge on any atom is 0.308 e. The Balaban J connectivity index is 1.15. The summed E-state index contributed by atoms with van der Waals surface area (Å²) in [4.78, 5) is 36.8. The first kappa shape index (κ1) is 25.4. The molecule has 1 amide bonds. The zero-order chi connectivity index (χ0) is 25.5. The molecule has 36 heavy (non-hydrogen) atoms. The van der Waals surface area contributed by atoms with E-state index >= 15 is 0 Å². The van der Waals surface area contributed by atoms with Gasteiger partial charge in [-0.15, -0.1) is 0 Å². The first-order valence-corrected chi connectivity index (χ1v) is 13.1. The SMILES string of the molecule is C[C@H]1[C@H](OC(=O)CCC(=O)NCCc2ccc(O)cc2)O[C@H]2O[C@@]3(C)CC[C@H]4[C@@H](C)CC[C@H]1[C@]24OO3. The molecule has 1 aliphatic carbocycles. The predicted octanol–water partition coefficient (Wildman–Crippen LogP) is 3.58. The van der Waals surface area contributed by atoms with Gasteiger partial charge < -0.3 is 24.6 Å². The highest BCUT2D eigenvalue weighted by molar-refractivity contribution is 5.81. The Bertz CT molecular complexity index is 969. The normalized spacial score (nSPS) is 39.1. The third kappa shape index (κ3) is 4.74. The molecule has 0 aromatic heterocycles. The van der Waals surface area contributed by atoms with Gasteiger partial charge in [-0.1, -0.05) is 26.0 Å². The molecule has 1 aromatic carbocycles. The summed E-state index contributed by atoms with van der Waals surface area (Å²) in [5.41, 5.74) is 0.304. The summed E-state index contributed by atoms with van der Waals surface area (Å²) in [6.07, 6.45) is 2.85. The second kappa shape index (κ2) is 9.93. The molecule has 5 aliphatic rings. The minimum absolute atomic E-state index is 0.0318. The Morgan fingerprint density at radius 3 is 2.64 bits per heavy atom. The minimum Gasteiger partial charge on any atom is -0.508 e. The first-order valence-electron chi connectivity index (χ1n) is 13.1. The van der Waals surface area contributed by atoms with E-state index in [0.717, 1.165) is 31.2 Å². The van der Waals surface area contributed by atoms with Crippen LogP contribution in [0, 0.1) is 23.7 Å². The Kier molecular flexibility index (Phi) is 7.02. The number of fused-ring (bicyclic) bond motifs is 2. The van der Waals surface area contributed by atoms with Crippen molar-refractivity contribution in [2.24, 2.45) is 23.7 Å². The number of nitrogens with one attached hydrogen (secondary N) is 1. The molecule has 8 atom stereocenters. The van der Waals surface area contributed by atoms with E-state index in [1.54, 1.807) is 12.1 Å². The quantitative estimate of drug-likeness (QED) is 0.429. The van der Waals surface area contributed by atoms with Gasteiger partial charge in [-0.2, -0.15) is 0 Å². The van der Waals surface area contributed by atoms with Gasteiger partial charge in [0.15, 0.2) is 11.9 Å². The van der Waals surface area contributed by atoms with Crippen molar-refractivity contribution >= 4 is 11.9 Å². The lowest BCUT2D eigenvalue weighted by atomic mass is 9.58. The molecular formula is C27H37NO8. The van der Waals surface area contributed by atoms with Crippen LogP contribution in [-0.2, 0) is 40.0 Å². The second-order valence-electron chi connectivity index (χ2n) is 11.0. The number of carbonyl (C=O) groups is 2. The summed E-state index contributed by atoms with van der Waals surface area (Å²) in [5.74, 6) is -0.693. The fourth-order valence-corrected chi connectivity index (χ4v) is 6.51. The van der Waals surface area contributed by atoms with Gasteiger partial charge in [0.05, 0.1) is 6.42 Å². The van der Waals surface area contributed by atoms with Gasteiger partial charge in [0, 0.05) is 31.2 Å². The fraction of sp³-hybridized carbons (Fsp3) is 0.704. The number of aromatic hydroxyl groups is 1. The predicted molar refractivity (Wildman–Crippen MR) is 127 cm³/mol. The van der Waals surface area contributed by atoms with E-state index in [1.165, 1.54) is 0 Å². The van der Waals surface area contributed by atoms with E-state index in [1.807, 2.05) is 26.0 Å². The van der Waals surface area contributed by atoms with E-state index in [-0.39, 0.29) is 42.3 Å². The van der Waals surface area contributed by atoms with Crippen molar-refractivity contribution in [3.63, 3.8) is 0 Å². The lowest BCUT2D eigenvalue weighted by Crippen LogP contribution is -2.70. The number of esters is 1. The summed E-state index contributed by atoms with van der Waals surface area (Å²) in [5, 5.41) is 12.2. The monoisotopic (exact) mass is 503 g/mol. The lowest BCUT2D eigenvalue weighted by molar-refractivity contribution is -0.576. The summed E-state index contributed by atoms with van der Waals surface area (Å²) >= 11 is 0. The number of hydrogen-bond acceptors (Lipinski definition) is 8. The summed E-state index contributed by atoms with van der Waals surface area (Å²) in [6, 6.07) is 6.85. The molecule has 1 saturated carbocycles. The Morgan fingerprint density at radius 1 is 1.08 bits per heavy atom. The average Bonchev–Trinajstić information content (AvgIpc) is 3.08. The molecule has 5 fully saturated rings. The van der Waals surface area contributed by atoms with Gasteiger partial charge in [0.2, 0.25) is 18.0 Å². The Labute approximate surface area is 211 Å². The number of phenolic OH excluding ortho intramolecular Hbond substituents is 1. The van der Waals surface area contributed by atoms with Crippen LogP contribution < -0.4 is 5.32 Å². The molecule has 6 rings (SSSR count). The zero-order valence-electron chi connectivity index (χ0n) is 21.2. The van der Waals surface area contributed by atoms with Gasteiger partial charge in [-0.25, -0.2) is 9.78 Å². The number of hydrogen-bond donors (Lipinski definition) is 2. The summed E-state index contributed by atoms with van der Waals surface area (Å²) in [7, 11) is 0. The standard InChI is InChI=1S/C27H37NO8/c1-16-4-9-21-17(2)24(33-25-27(21)20(16)12-14-26(3,34-25)35-36-27)32-23(31)11-10-22(30)28-15-13-18-5-7-19(29)8-6-18/h5-8,16-17,20-21,24-25,29H,4,9-15H2,1-3H3,(H,28,30)/t16-,17+,20-,21+,24+,25-,26+,27-/m0/s1. The highest BCUT2D eigenvalue weighted by Gasteiger charge is 2.69. The van der Waals surface area contributed by atoms with Crippen LogP contribution in [0.25, 0.3) is 0 Å². The van der Waals surface area contributed by atoms with Gasteiger partial charge in [-0.05, 0) is 62.1 Å². The third-order valence-corrected chi connectivity index (χ3v) is 8.57. The summed E-state index contributed by atoms with van der Waals surface area (Å²) < 4.78 is 18.3. The van der Waals surface area contributed by atoms with Crippen LogP contribution in [0.4, 0.5) is 0 Å². The lowest BCUT2D eigenvalue weighted by Gasteiger charge is -2.59. The molecule has 2 bridgehead atoms. The van der Waals surface area contributed by atoms with Crippen molar-refractivity contribution in [1.82, 2.24) is 5.32 Å². The largest absolute Gasteiger partial charge is 0.508 e. The minimum atomic E-state index is -0.884. The molecule has 4 saturated heterocycles. The Hall–Kier alpha value is -2.20. The third-order valence-electron chi connectivity index (χ3n) is 8.57. The van der Waals surface area contributed by atoms with Crippen LogP contribution in [0.5, 0.6) is 5.75 Å². The van der Waals surface area contributed by atoms with E-state index in [9.17, 15) is 14.7 Å². The van der Waals surface area contributed by atoms with E-state index in [0.29, 0.717) is 18.9 Å². The smallest absolute Gasteiger partial charge is 0.308 e. The van der Waals surface area contributed by atoms with Crippen LogP contribution in [0.1, 0.15) is 64.9 Å². The second-order valence-corrected chi connectivity index (χ2v) is 11.0. The topological polar surface area (TPSA) is 113 Å². The van der Waals surface area contributed by atoms with Crippen LogP contribution >= 0.6 is 0 Å². The zero-order valence-corrected chi connectivity index (χ0v) is 21.2. The van der Waals surface area contributed by atoms with Crippen molar-refractivity contribution in [2.75, 3.05) is 6.54 Å². The van der Waals surface area contributed by atoms with E-state index in [2.05, 4.69) is 12.2 Å². The first-order chi connectivity index (χ1) is 17.2. The maximum absolute atomic E-state index is 12.7. The van der Waals surface area contributed by atoms with Crippen LogP contribution in [-0.4, -0.2) is 47.5 Å². The van der Waals surface area contributed by atoms with Gasteiger partial charge in [0.25, 0.3) is 0 Å². The molecule has 9 heteroatoms. The Morgan fingerprint density at radius 2 is 1.86 bits per heavy atom. The number of carbonyl (C=O) groups excluding carboxylic acids is 2. The number of rotatable bonds is 7. The number of ether oxygens (including phenoxy) is 3. The van der Waals surface area contributed by atoms with E-state index in [4.69, 9.17) is 24.0 Å². The molecular weight excluding hydrogens is 466 g/mol. The number of benzene rings is 1. The molecule has 1 spiro atoms. The van der Waals surface area contributed by atoms with Gasteiger partial charge in [-0.3, -0.25) is 9.59 Å². The number of amides is 1. The van der Waals surface area contributed by atoms with Crippen LogP contribution in [0.2, 0.25) is 0 Å². The van der Waals surface area contributed by atoms with E-state index < -0.39 is 29.9 Å². The highest BCUT2D eigenvalue weighted by atomic mass is 17.3.